The summed E-state index contributed by atoms with van der Waals surface area (Å²) in [6, 6.07) is 4.93. The van der Waals surface area contributed by atoms with Crippen molar-refractivity contribution in [1.29, 1.82) is 0 Å². The average Bonchev–Trinajstić information content (AvgIpc) is 3.56. The van der Waals surface area contributed by atoms with Gasteiger partial charge in [-0.2, -0.15) is 0 Å². The number of hydrogen-bond donors (Lipinski definition) is 1. The maximum atomic E-state index is 12.3. The van der Waals surface area contributed by atoms with E-state index in [4.69, 9.17) is 14.2 Å². The molecule has 5 aliphatic carbocycles. The average molecular weight is 482 g/mol. The van der Waals surface area contributed by atoms with E-state index in [1.807, 2.05) is 7.11 Å². The molecular weight excluding hydrogens is 438 g/mol. The monoisotopic (exact) mass is 481 g/mol. The van der Waals surface area contributed by atoms with E-state index in [0.29, 0.717) is 6.04 Å². The lowest BCUT2D eigenvalue weighted by Crippen LogP contribution is -2.83. The maximum absolute atomic E-state index is 12.3. The van der Waals surface area contributed by atoms with Gasteiger partial charge in [0.1, 0.15) is 11.7 Å². The molecule has 1 saturated heterocycles. The highest BCUT2D eigenvalue weighted by Crippen LogP contribution is 2.78. The molecule has 1 N–H and O–H groups in total. The number of nitrogens with zero attached hydrogens (tertiary/aromatic N) is 1. The third-order valence-electron chi connectivity index (χ3n) is 12.1. The van der Waals surface area contributed by atoms with Crippen molar-refractivity contribution >= 4 is 0 Å². The van der Waals surface area contributed by atoms with E-state index in [-0.39, 0.29) is 28.3 Å². The molecule has 1 aromatic rings. The van der Waals surface area contributed by atoms with Crippen LogP contribution in [0.3, 0.4) is 0 Å². The molecule has 35 heavy (non-hydrogen) atoms. The first-order valence-corrected chi connectivity index (χ1v) is 13.9. The number of aliphatic hydroxyl groups is 1. The van der Waals surface area contributed by atoms with Crippen LogP contribution in [0.5, 0.6) is 11.5 Å². The Kier molecular flexibility index (Phi) is 4.42. The Morgan fingerprint density at radius 2 is 1.89 bits per heavy atom. The highest BCUT2D eigenvalue weighted by molar-refractivity contribution is 5.63. The van der Waals surface area contributed by atoms with Crippen LogP contribution in [-0.4, -0.2) is 60.7 Å². The molecule has 0 aromatic heterocycles. The lowest BCUT2D eigenvalue weighted by Gasteiger charge is -2.75. The van der Waals surface area contributed by atoms with Gasteiger partial charge < -0.3 is 19.3 Å². The van der Waals surface area contributed by atoms with Gasteiger partial charge in [0.2, 0.25) is 0 Å². The fraction of sp³-hybridized carbons (Fsp3) is 0.800. The summed E-state index contributed by atoms with van der Waals surface area (Å²) in [6.07, 6.45) is 8.00. The Hall–Kier alpha value is -1.30. The molecule has 2 aliphatic heterocycles. The topological polar surface area (TPSA) is 51.2 Å². The number of rotatable bonds is 5. The van der Waals surface area contributed by atoms with Crippen LogP contribution >= 0.6 is 0 Å². The quantitative estimate of drug-likeness (QED) is 0.660. The molecule has 192 valence electrons. The molecule has 5 heteroatoms. The lowest BCUT2D eigenvalue weighted by atomic mass is 9.33. The molecular formula is C30H43NO4. The minimum Gasteiger partial charge on any atom is -0.493 e. The van der Waals surface area contributed by atoms with Crippen LogP contribution < -0.4 is 9.47 Å². The molecule has 8 rings (SSSR count). The number of piperidine rings is 1. The molecule has 0 amide bonds. The molecule has 1 unspecified atom stereocenters. The normalized spacial score (nSPS) is 42.9. The highest BCUT2D eigenvalue weighted by Gasteiger charge is 2.82. The van der Waals surface area contributed by atoms with Crippen molar-refractivity contribution < 1.29 is 19.3 Å². The zero-order valence-corrected chi connectivity index (χ0v) is 22.4. The molecule has 2 spiro atoms. The first-order valence-electron chi connectivity index (χ1n) is 13.9. The Morgan fingerprint density at radius 1 is 1.11 bits per heavy atom. The van der Waals surface area contributed by atoms with Crippen LogP contribution in [0.25, 0.3) is 0 Å². The predicted octanol–water partition coefficient (Wildman–Crippen LogP) is 4.72. The minimum absolute atomic E-state index is 0.0112. The van der Waals surface area contributed by atoms with Crippen LogP contribution in [-0.2, 0) is 16.6 Å². The summed E-state index contributed by atoms with van der Waals surface area (Å²) in [7, 11) is 3.63. The predicted molar refractivity (Wildman–Crippen MR) is 135 cm³/mol. The van der Waals surface area contributed by atoms with Crippen molar-refractivity contribution in [2.24, 2.45) is 22.7 Å². The van der Waals surface area contributed by atoms with Gasteiger partial charge in [-0.1, -0.05) is 26.8 Å². The summed E-state index contributed by atoms with van der Waals surface area (Å²) in [4.78, 5) is 2.86. The van der Waals surface area contributed by atoms with Crippen LogP contribution in [0.2, 0.25) is 0 Å². The summed E-state index contributed by atoms with van der Waals surface area (Å²) in [5, 5.41) is 12.3. The fourth-order valence-electron chi connectivity index (χ4n) is 9.73. The van der Waals surface area contributed by atoms with Gasteiger partial charge in [-0.3, -0.25) is 4.90 Å². The van der Waals surface area contributed by atoms with E-state index < -0.39 is 11.2 Å². The van der Waals surface area contributed by atoms with Gasteiger partial charge in [0.15, 0.2) is 11.5 Å². The molecule has 4 saturated carbocycles. The molecule has 2 heterocycles. The smallest absolute Gasteiger partial charge is 0.165 e. The molecule has 5 nitrogen and oxygen atoms in total. The Labute approximate surface area is 210 Å². The highest BCUT2D eigenvalue weighted by atomic mass is 16.6. The third-order valence-corrected chi connectivity index (χ3v) is 12.1. The van der Waals surface area contributed by atoms with Crippen LogP contribution in [0.4, 0.5) is 0 Å². The number of fused-ring (bicyclic) bond motifs is 2. The van der Waals surface area contributed by atoms with Crippen LogP contribution in [0.1, 0.15) is 77.3 Å². The van der Waals surface area contributed by atoms with Crippen molar-refractivity contribution in [2.75, 3.05) is 27.3 Å². The van der Waals surface area contributed by atoms with Crippen molar-refractivity contribution in [1.82, 2.24) is 4.90 Å². The van der Waals surface area contributed by atoms with Gasteiger partial charge in [-0.05, 0) is 81.4 Å². The summed E-state index contributed by atoms with van der Waals surface area (Å²) < 4.78 is 19.6. The number of benzene rings is 1. The molecule has 7 atom stereocenters. The number of methoxy groups -OCH3 is 2. The zero-order valence-electron chi connectivity index (χ0n) is 22.4. The van der Waals surface area contributed by atoms with E-state index in [9.17, 15) is 5.11 Å². The van der Waals surface area contributed by atoms with Gasteiger partial charge in [0, 0.05) is 42.0 Å². The first-order chi connectivity index (χ1) is 16.6. The standard InChI is InChI=1S/C30H43NO4/c1-26(2,3)27(4,32)21-16-28-11-12-30(21,34-6)25-29(28)13-14-31(17-18-7-8-18)22(28)15-19-9-10-20(33-5)24(35-25)23(19)29/h9-10,18,21-22,25,32H,7-8,11-17H2,1-6H3/t21?,22-,25-,27+,28-,29+,30-/m1/s1. The Balaban J connectivity index is 1.48. The summed E-state index contributed by atoms with van der Waals surface area (Å²) in [5.74, 6) is 2.71. The van der Waals surface area contributed by atoms with Crippen molar-refractivity contribution in [3.8, 4) is 11.5 Å². The summed E-state index contributed by atoms with van der Waals surface area (Å²) in [5.41, 5.74) is 1.26. The zero-order chi connectivity index (χ0) is 24.6. The summed E-state index contributed by atoms with van der Waals surface area (Å²) >= 11 is 0. The van der Waals surface area contributed by atoms with Crippen LogP contribution in [0, 0.1) is 22.7 Å². The van der Waals surface area contributed by atoms with E-state index >= 15 is 0 Å². The van der Waals surface area contributed by atoms with Gasteiger partial charge in [-0.25, -0.2) is 0 Å². The molecule has 7 aliphatic rings. The minimum atomic E-state index is -0.879. The SMILES string of the molecule is COc1ccc2c3c1O[C@@H]1[C@]34CCN(CC3CC3)[C@H](C2)[C@]42CC[C@@]1(OC)C([C@](C)(O)C(C)(C)C)C2. The van der Waals surface area contributed by atoms with E-state index in [1.54, 1.807) is 7.11 Å². The lowest BCUT2D eigenvalue weighted by molar-refractivity contribution is -0.312. The Bertz CT molecular complexity index is 1070. The molecule has 5 fully saturated rings. The van der Waals surface area contributed by atoms with E-state index in [2.05, 4.69) is 44.7 Å². The maximum Gasteiger partial charge on any atom is 0.165 e. The fourth-order valence-corrected chi connectivity index (χ4v) is 9.73. The number of ether oxygens (including phenoxy) is 3. The van der Waals surface area contributed by atoms with Gasteiger partial charge in [-0.15, -0.1) is 0 Å². The summed E-state index contributed by atoms with van der Waals surface area (Å²) in [6.45, 7) is 11.0. The number of likely N-dealkylation sites (tertiary alicyclic amines) is 1. The van der Waals surface area contributed by atoms with Crippen molar-refractivity contribution in [3.63, 3.8) is 0 Å². The second-order valence-corrected chi connectivity index (χ2v) is 14.0. The number of hydrogen-bond acceptors (Lipinski definition) is 5. The van der Waals surface area contributed by atoms with Gasteiger partial charge >= 0.3 is 0 Å². The Morgan fingerprint density at radius 3 is 2.54 bits per heavy atom. The van der Waals surface area contributed by atoms with Crippen molar-refractivity contribution in [2.45, 2.75) is 101 Å². The molecule has 4 bridgehead atoms. The van der Waals surface area contributed by atoms with Gasteiger partial charge in [0.25, 0.3) is 0 Å². The van der Waals surface area contributed by atoms with Gasteiger partial charge in [0.05, 0.1) is 12.7 Å². The van der Waals surface area contributed by atoms with Crippen molar-refractivity contribution in [3.05, 3.63) is 23.3 Å². The second-order valence-electron chi connectivity index (χ2n) is 14.0. The molecule has 1 aromatic carbocycles. The largest absolute Gasteiger partial charge is 0.493 e. The van der Waals surface area contributed by atoms with Crippen LogP contribution in [0.15, 0.2) is 12.1 Å². The molecule has 0 radical (unpaired) electrons. The van der Waals surface area contributed by atoms with E-state index in [0.717, 1.165) is 56.1 Å². The first kappa shape index (κ1) is 22.9. The second kappa shape index (κ2) is 6.76. The third kappa shape index (κ3) is 2.47. The van der Waals surface area contributed by atoms with E-state index in [1.165, 1.54) is 30.5 Å².